The summed E-state index contributed by atoms with van der Waals surface area (Å²) in [6.45, 7) is 6.89. The molecule has 1 unspecified atom stereocenters. The third kappa shape index (κ3) is 6.86. The molecule has 0 spiro atoms. The summed E-state index contributed by atoms with van der Waals surface area (Å²) in [5.41, 5.74) is 7.06. The number of amides is 3. The number of nitrogens with one attached hydrogen (secondary N) is 3. The number of benzene rings is 2. The number of imidazole rings is 1. The number of piperidine rings is 1. The summed E-state index contributed by atoms with van der Waals surface area (Å²) < 4.78 is 2.06. The number of nitrogens with zero attached hydrogens (tertiary/aromatic N) is 6. The third-order valence-electron chi connectivity index (χ3n) is 9.20. The molecule has 1 saturated heterocycles. The minimum absolute atomic E-state index is 0.0497. The zero-order chi connectivity index (χ0) is 32.5. The summed E-state index contributed by atoms with van der Waals surface area (Å²) in [5, 5.41) is 15.1. The second kappa shape index (κ2) is 13.2. The smallest absolute Gasteiger partial charge is 0.322 e. The van der Waals surface area contributed by atoms with Crippen molar-refractivity contribution in [3.63, 3.8) is 0 Å². The topological polar surface area (TPSA) is 124 Å². The Balaban J connectivity index is 1.05. The molecule has 11 nitrogen and oxygen atoms in total. The van der Waals surface area contributed by atoms with Crippen LogP contribution in [0.1, 0.15) is 52.7 Å². The van der Waals surface area contributed by atoms with E-state index in [1.54, 1.807) is 6.20 Å². The SMILES string of the molecule is Cc1cc(Cn2ccnc2C(Cc2cc(C)c3[nH]ncc3c2)NC(=O)CN2CCC(N3Cc4ccccc4NC3=O)CC2)cc(Cl)n1. The highest BCUT2D eigenvalue weighted by molar-refractivity contribution is 6.29. The molecule has 3 amide bonds. The van der Waals surface area contributed by atoms with Gasteiger partial charge in [0.05, 0.1) is 24.3 Å². The molecule has 0 bridgehead atoms. The Morgan fingerprint density at radius 3 is 2.77 bits per heavy atom. The molecule has 2 aliphatic rings. The lowest BCUT2D eigenvalue weighted by Gasteiger charge is -2.40. The zero-order valence-corrected chi connectivity index (χ0v) is 27.3. The van der Waals surface area contributed by atoms with Gasteiger partial charge in [0.1, 0.15) is 11.0 Å². The van der Waals surface area contributed by atoms with Gasteiger partial charge < -0.3 is 20.1 Å². The summed E-state index contributed by atoms with van der Waals surface area (Å²) in [5.74, 6) is 0.709. The highest BCUT2D eigenvalue weighted by Gasteiger charge is 2.32. The standard InChI is InChI=1S/C35H38ClN9O2/c1-22-13-24(15-27-18-38-42-33(22)27)16-30(34-37-9-12-44(34)19-25-14-23(2)39-31(36)17-25)40-32(46)21-43-10-7-28(8-11-43)45-20-26-5-3-4-6-29(26)41-35(45)47/h3-6,9,12-15,17-18,28,30H,7-8,10-11,16,19-21H2,1-2H3,(H,38,42)(H,40,46)(H,41,47). The van der Waals surface area contributed by atoms with Crippen LogP contribution in [0.15, 0.2) is 67.1 Å². The number of aryl methyl sites for hydroxylation is 2. The van der Waals surface area contributed by atoms with Gasteiger partial charge in [0, 0.05) is 61.4 Å². The van der Waals surface area contributed by atoms with Crippen molar-refractivity contribution in [1.82, 2.24) is 39.8 Å². The van der Waals surface area contributed by atoms with Crippen LogP contribution in [0.5, 0.6) is 0 Å². The molecular formula is C35H38ClN9O2. The number of rotatable bonds is 9. The van der Waals surface area contributed by atoms with E-state index in [-0.39, 0.29) is 30.6 Å². The number of pyridine rings is 1. The molecule has 12 heteroatoms. The molecule has 1 atom stereocenters. The fourth-order valence-corrected chi connectivity index (χ4v) is 7.24. The lowest BCUT2D eigenvalue weighted by atomic mass is 10.00. The average molecular weight is 652 g/mol. The number of hydrogen-bond acceptors (Lipinski definition) is 6. The van der Waals surface area contributed by atoms with Crippen LogP contribution in [0.4, 0.5) is 10.5 Å². The highest BCUT2D eigenvalue weighted by Crippen LogP contribution is 2.28. The molecule has 5 aromatic rings. The van der Waals surface area contributed by atoms with Crippen molar-refractivity contribution in [3.8, 4) is 0 Å². The molecule has 47 heavy (non-hydrogen) atoms. The number of aromatic amines is 1. The molecule has 0 radical (unpaired) electrons. The number of para-hydroxylation sites is 1. The normalized spacial score (nSPS) is 16.2. The van der Waals surface area contributed by atoms with Crippen LogP contribution >= 0.6 is 11.6 Å². The van der Waals surface area contributed by atoms with Crippen LogP contribution in [0.2, 0.25) is 5.15 Å². The van der Waals surface area contributed by atoms with E-state index >= 15 is 0 Å². The van der Waals surface area contributed by atoms with E-state index in [4.69, 9.17) is 16.6 Å². The van der Waals surface area contributed by atoms with E-state index in [1.165, 1.54) is 0 Å². The number of hydrogen-bond donors (Lipinski definition) is 3. The second-order valence-electron chi connectivity index (χ2n) is 12.6. The maximum atomic E-state index is 13.7. The first-order valence-electron chi connectivity index (χ1n) is 16.0. The molecule has 0 saturated carbocycles. The van der Waals surface area contributed by atoms with Crippen molar-refractivity contribution >= 4 is 40.1 Å². The summed E-state index contributed by atoms with van der Waals surface area (Å²) >= 11 is 6.27. The number of carbonyl (C=O) groups is 2. The number of H-pyrrole nitrogens is 1. The van der Waals surface area contributed by atoms with Gasteiger partial charge in [0.25, 0.3) is 0 Å². The van der Waals surface area contributed by atoms with Crippen molar-refractivity contribution in [2.24, 2.45) is 0 Å². The van der Waals surface area contributed by atoms with Gasteiger partial charge in [-0.1, -0.05) is 35.9 Å². The maximum absolute atomic E-state index is 13.7. The number of aromatic nitrogens is 5. The van der Waals surface area contributed by atoms with E-state index in [9.17, 15) is 9.59 Å². The van der Waals surface area contributed by atoms with E-state index in [0.717, 1.165) is 76.3 Å². The van der Waals surface area contributed by atoms with Crippen LogP contribution in [0, 0.1) is 13.8 Å². The van der Waals surface area contributed by atoms with Crippen molar-refractivity contribution in [3.05, 3.63) is 106 Å². The number of fused-ring (bicyclic) bond motifs is 2. The van der Waals surface area contributed by atoms with Crippen LogP contribution in [0.3, 0.4) is 0 Å². The first-order valence-corrected chi connectivity index (χ1v) is 16.4. The Kier molecular flexibility index (Phi) is 8.66. The van der Waals surface area contributed by atoms with E-state index < -0.39 is 0 Å². The number of anilines is 1. The highest BCUT2D eigenvalue weighted by atomic mass is 35.5. The van der Waals surface area contributed by atoms with Gasteiger partial charge in [-0.15, -0.1) is 0 Å². The first-order chi connectivity index (χ1) is 22.8. The van der Waals surface area contributed by atoms with E-state index in [1.807, 2.05) is 54.5 Å². The van der Waals surface area contributed by atoms with Crippen molar-refractivity contribution in [2.45, 2.75) is 58.3 Å². The molecule has 3 N–H and O–H groups in total. The van der Waals surface area contributed by atoms with Crippen molar-refractivity contribution < 1.29 is 9.59 Å². The van der Waals surface area contributed by atoms with Crippen LogP contribution in [-0.4, -0.2) is 72.1 Å². The molecule has 7 rings (SSSR count). The van der Waals surface area contributed by atoms with Crippen LogP contribution in [-0.2, 0) is 24.3 Å². The summed E-state index contributed by atoms with van der Waals surface area (Å²) in [6.07, 6.45) is 7.72. The molecule has 2 aliphatic heterocycles. The number of urea groups is 1. The number of likely N-dealkylation sites (tertiary alicyclic amines) is 1. The summed E-state index contributed by atoms with van der Waals surface area (Å²) in [4.78, 5) is 39.7. The molecule has 0 aliphatic carbocycles. The monoisotopic (exact) mass is 651 g/mol. The zero-order valence-electron chi connectivity index (χ0n) is 26.5. The van der Waals surface area contributed by atoms with Crippen molar-refractivity contribution in [1.29, 1.82) is 0 Å². The lowest BCUT2D eigenvalue weighted by molar-refractivity contribution is -0.123. The van der Waals surface area contributed by atoms with Gasteiger partial charge in [0.2, 0.25) is 5.91 Å². The summed E-state index contributed by atoms with van der Waals surface area (Å²) in [6, 6.07) is 15.8. The van der Waals surface area contributed by atoms with Crippen LogP contribution in [0.25, 0.3) is 10.9 Å². The Morgan fingerprint density at radius 2 is 1.94 bits per heavy atom. The predicted octanol–water partition coefficient (Wildman–Crippen LogP) is 5.39. The molecule has 3 aromatic heterocycles. The van der Waals surface area contributed by atoms with E-state index in [2.05, 4.69) is 60.4 Å². The number of carbonyl (C=O) groups excluding carboxylic acids is 2. The Bertz CT molecular complexity index is 1910. The molecule has 5 heterocycles. The Hall–Kier alpha value is -4.74. The first kappa shape index (κ1) is 30.9. The summed E-state index contributed by atoms with van der Waals surface area (Å²) in [7, 11) is 0. The fourth-order valence-electron chi connectivity index (χ4n) is 6.97. The molecule has 1 fully saturated rings. The Labute approximate surface area is 278 Å². The van der Waals surface area contributed by atoms with Gasteiger partial charge in [0.15, 0.2) is 0 Å². The van der Waals surface area contributed by atoms with Gasteiger partial charge in [-0.2, -0.15) is 5.10 Å². The second-order valence-corrected chi connectivity index (χ2v) is 13.0. The van der Waals surface area contributed by atoms with Gasteiger partial charge in [-0.3, -0.25) is 14.8 Å². The quantitative estimate of drug-likeness (QED) is 0.184. The maximum Gasteiger partial charge on any atom is 0.322 e. The minimum Gasteiger partial charge on any atom is -0.345 e. The van der Waals surface area contributed by atoms with Gasteiger partial charge in [-0.25, -0.2) is 14.8 Å². The molecule has 242 valence electrons. The minimum atomic E-state index is -0.366. The Morgan fingerprint density at radius 1 is 1.11 bits per heavy atom. The van der Waals surface area contributed by atoms with Crippen LogP contribution < -0.4 is 10.6 Å². The average Bonchev–Trinajstić information content (AvgIpc) is 3.70. The van der Waals surface area contributed by atoms with Crippen molar-refractivity contribution in [2.75, 3.05) is 25.0 Å². The number of halogens is 1. The molecular weight excluding hydrogens is 614 g/mol. The molecule has 2 aromatic carbocycles. The lowest BCUT2D eigenvalue weighted by Crippen LogP contribution is -2.51. The van der Waals surface area contributed by atoms with Gasteiger partial charge >= 0.3 is 6.03 Å². The van der Waals surface area contributed by atoms with Gasteiger partial charge in [-0.05, 0) is 79.6 Å². The third-order valence-corrected chi connectivity index (χ3v) is 9.39. The fraction of sp³-hybridized carbons (Fsp3) is 0.343. The predicted molar refractivity (Wildman–Crippen MR) is 181 cm³/mol. The van der Waals surface area contributed by atoms with E-state index in [0.29, 0.717) is 24.7 Å². The largest absolute Gasteiger partial charge is 0.345 e.